The topological polar surface area (TPSA) is 94.1 Å². The van der Waals surface area contributed by atoms with Gasteiger partial charge < -0.3 is 20.4 Å². The van der Waals surface area contributed by atoms with Crippen molar-refractivity contribution in [1.29, 1.82) is 0 Å². The molecule has 18 heavy (non-hydrogen) atoms. The van der Waals surface area contributed by atoms with Crippen molar-refractivity contribution < 1.29 is 19.5 Å². The summed E-state index contributed by atoms with van der Waals surface area (Å²) in [6.45, 7) is 2.00. The van der Waals surface area contributed by atoms with E-state index in [1.54, 1.807) is 12.1 Å². The van der Waals surface area contributed by atoms with E-state index in [2.05, 4.69) is 21.1 Å². The van der Waals surface area contributed by atoms with Gasteiger partial charge in [0.05, 0.1) is 17.3 Å². The smallest absolute Gasteiger partial charge is 0.255 e. The first kappa shape index (κ1) is 14.3. The number of carbonyl (C=O) groups excluding carboxylic acids is 1. The molecule has 3 N–H and O–H groups in total. The van der Waals surface area contributed by atoms with Gasteiger partial charge in [0.15, 0.2) is 18.1 Å². The molecule has 98 valence electrons. The van der Waals surface area contributed by atoms with E-state index in [1.807, 2.05) is 6.92 Å². The Morgan fingerprint density at radius 1 is 1.56 bits per heavy atom. The molecule has 1 aromatic rings. The van der Waals surface area contributed by atoms with Crippen LogP contribution in [0.25, 0.3) is 0 Å². The van der Waals surface area contributed by atoms with Crippen LogP contribution in [-0.4, -0.2) is 30.5 Å². The highest BCUT2D eigenvalue weighted by Crippen LogP contribution is 2.36. The lowest BCUT2D eigenvalue weighted by Gasteiger charge is -2.13. The second-order valence-electron chi connectivity index (χ2n) is 3.26. The zero-order valence-electron chi connectivity index (χ0n) is 9.72. The van der Waals surface area contributed by atoms with Gasteiger partial charge in [0.25, 0.3) is 5.91 Å². The number of oxime groups is 1. The van der Waals surface area contributed by atoms with E-state index in [-0.39, 0.29) is 6.61 Å². The molecule has 0 aliphatic rings. The third kappa shape index (κ3) is 3.92. The summed E-state index contributed by atoms with van der Waals surface area (Å²) in [5.74, 6) is 0.235. The summed E-state index contributed by atoms with van der Waals surface area (Å²) in [4.78, 5) is 10.7. The van der Waals surface area contributed by atoms with Crippen LogP contribution in [0.15, 0.2) is 21.8 Å². The molecule has 0 aliphatic carbocycles. The minimum Gasteiger partial charge on any atom is -0.490 e. The molecule has 7 heteroatoms. The molecule has 6 nitrogen and oxygen atoms in total. The van der Waals surface area contributed by atoms with Crippen molar-refractivity contribution in [3.63, 3.8) is 0 Å². The molecule has 1 amide bonds. The Labute approximate surface area is 112 Å². The number of carbonyl (C=O) groups is 1. The van der Waals surface area contributed by atoms with Crippen LogP contribution in [0.3, 0.4) is 0 Å². The first-order chi connectivity index (χ1) is 8.58. The van der Waals surface area contributed by atoms with Gasteiger partial charge in [-0.2, -0.15) is 0 Å². The number of halogens is 1. The van der Waals surface area contributed by atoms with Crippen LogP contribution in [-0.2, 0) is 4.79 Å². The second-order valence-corrected chi connectivity index (χ2v) is 4.12. The van der Waals surface area contributed by atoms with Gasteiger partial charge in [0.2, 0.25) is 0 Å². The fourth-order valence-electron chi connectivity index (χ4n) is 1.28. The van der Waals surface area contributed by atoms with Crippen molar-refractivity contribution in [3.8, 4) is 11.5 Å². The van der Waals surface area contributed by atoms with Crippen molar-refractivity contribution in [2.75, 3.05) is 13.2 Å². The number of hydrogen-bond acceptors (Lipinski definition) is 5. The Balaban J connectivity index is 3.09. The minimum absolute atomic E-state index is 0.244. The number of benzene rings is 1. The number of nitrogens with two attached hydrogens (primary N) is 1. The zero-order chi connectivity index (χ0) is 13.5. The summed E-state index contributed by atoms with van der Waals surface area (Å²) in [5, 5.41) is 11.4. The molecule has 0 saturated carbocycles. The number of nitrogens with zero attached hydrogens (tertiary/aromatic N) is 1. The van der Waals surface area contributed by atoms with Gasteiger partial charge in [-0.1, -0.05) is 5.16 Å². The van der Waals surface area contributed by atoms with Crippen LogP contribution < -0.4 is 15.2 Å². The Hall–Kier alpha value is -1.76. The van der Waals surface area contributed by atoms with Crippen LogP contribution in [0, 0.1) is 0 Å². The number of rotatable bonds is 6. The Morgan fingerprint density at radius 3 is 2.83 bits per heavy atom. The molecule has 0 bridgehead atoms. The van der Waals surface area contributed by atoms with Gasteiger partial charge in [-0.05, 0) is 35.0 Å². The normalized spacial score (nSPS) is 10.6. The molecule has 0 atom stereocenters. The quantitative estimate of drug-likeness (QED) is 0.472. The summed E-state index contributed by atoms with van der Waals surface area (Å²) in [6.07, 6.45) is 1.26. The molecule has 0 aliphatic heterocycles. The van der Waals surface area contributed by atoms with Crippen LogP contribution in [0.4, 0.5) is 0 Å². The highest BCUT2D eigenvalue weighted by atomic mass is 79.9. The lowest BCUT2D eigenvalue weighted by Crippen LogP contribution is -2.20. The summed E-state index contributed by atoms with van der Waals surface area (Å²) >= 11 is 3.29. The number of primary amides is 1. The van der Waals surface area contributed by atoms with Crippen molar-refractivity contribution in [3.05, 3.63) is 22.2 Å². The predicted octanol–water partition coefficient (Wildman–Crippen LogP) is 1.52. The molecular formula is C11H13BrN2O4. The van der Waals surface area contributed by atoms with Crippen molar-refractivity contribution in [1.82, 2.24) is 0 Å². The average Bonchev–Trinajstić information content (AvgIpc) is 2.28. The summed E-state index contributed by atoms with van der Waals surface area (Å²) in [7, 11) is 0. The van der Waals surface area contributed by atoms with Gasteiger partial charge in [0.1, 0.15) is 0 Å². The number of ether oxygens (including phenoxy) is 2. The van der Waals surface area contributed by atoms with Crippen molar-refractivity contribution in [2.24, 2.45) is 10.9 Å². The third-order valence-corrected chi connectivity index (χ3v) is 2.49. The Bertz CT molecular complexity index is 463. The van der Waals surface area contributed by atoms with E-state index < -0.39 is 5.91 Å². The maximum Gasteiger partial charge on any atom is 0.255 e. The highest BCUT2D eigenvalue weighted by Gasteiger charge is 2.12. The molecule has 0 saturated heterocycles. The van der Waals surface area contributed by atoms with Crippen LogP contribution in [0.1, 0.15) is 12.5 Å². The maximum absolute atomic E-state index is 10.7. The van der Waals surface area contributed by atoms with Gasteiger partial charge in [-0.15, -0.1) is 0 Å². The summed E-state index contributed by atoms with van der Waals surface area (Å²) < 4.78 is 11.2. The van der Waals surface area contributed by atoms with Crippen LogP contribution in [0.5, 0.6) is 11.5 Å². The summed E-state index contributed by atoms with van der Waals surface area (Å²) in [5.41, 5.74) is 5.64. The van der Waals surface area contributed by atoms with Crippen LogP contribution >= 0.6 is 15.9 Å². The molecule has 0 aromatic heterocycles. The standard InChI is InChI=1S/C11H13BrN2O4/c1-2-17-9-4-7(5-14-16)3-8(12)11(9)18-6-10(13)15/h3-5,16H,2,6H2,1H3,(H2,13,15). The number of hydrogen-bond donors (Lipinski definition) is 2. The summed E-state index contributed by atoms with van der Waals surface area (Å²) in [6, 6.07) is 3.29. The maximum atomic E-state index is 10.7. The second kappa shape index (κ2) is 6.85. The van der Waals surface area contributed by atoms with E-state index >= 15 is 0 Å². The number of amides is 1. The largest absolute Gasteiger partial charge is 0.490 e. The Morgan fingerprint density at radius 2 is 2.28 bits per heavy atom. The van der Waals surface area contributed by atoms with E-state index in [1.165, 1.54) is 6.21 Å². The predicted molar refractivity (Wildman–Crippen MR) is 69.4 cm³/mol. The third-order valence-electron chi connectivity index (χ3n) is 1.90. The fourth-order valence-corrected chi connectivity index (χ4v) is 1.85. The zero-order valence-corrected chi connectivity index (χ0v) is 11.3. The minimum atomic E-state index is -0.578. The van der Waals surface area contributed by atoms with Crippen molar-refractivity contribution in [2.45, 2.75) is 6.92 Å². The molecular weight excluding hydrogens is 304 g/mol. The van der Waals surface area contributed by atoms with E-state index in [4.69, 9.17) is 20.4 Å². The molecule has 0 unspecified atom stereocenters. The fraction of sp³-hybridized carbons (Fsp3) is 0.273. The van der Waals surface area contributed by atoms with E-state index in [9.17, 15) is 4.79 Å². The molecule has 1 aromatic carbocycles. The van der Waals surface area contributed by atoms with Crippen LogP contribution in [0.2, 0.25) is 0 Å². The molecule has 0 heterocycles. The van der Waals surface area contributed by atoms with E-state index in [0.29, 0.717) is 28.1 Å². The van der Waals surface area contributed by atoms with Gasteiger partial charge >= 0.3 is 0 Å². The van der Waals surface area contributed by atoms with Gasteiger partial charge in [-0.3, -0.25) is 4.79 Å². The van der Waals surface area contributed by atoms with E-state index in [0.717, 1.165) is 0 Å². The lowest BCUT2D eigenvalue weighted by molar-refractivity contribution is -0.119. The first-order valence-corrected chi connectivity index (χ1v) is 5.92. The molecule has 0 fully saturated rings. The van der Waals surface area contributed by atoms with Crippen molar-refractivity contribution >= 4 is 28.1 Å². The Kier molecular flexibility index (Phi) is 5.44. The van der Waals surface area contributed by atoms with Gasteiger partial charge in [0, 0.05) is 5.56 Å². The lowest BCUT2D eigenvalue weighted by atomic mass is 10.2. The monoisotopic (exact) mass is 316 g/mol. The average molecular weight is 317 g/mol. The highest BCUT2D eigenvalue weighted by molar-refractivity contribution is 9.10. The molecule has 0 spiro atoms. The molecule has 1 rings (SSSR count). The molecule has 0 radical (unpaired) electrons. The van der Waals surface area contributed by atoms with Gasteiger partial charge in [-0.25, -0.2) is 0 Å². The SMILES string of the molecule is CCOc1cc(C=NO)cc(Br)c1OCC(N)=O. The first-order valence-electron chi connectivity index (χ1n) is 5.13.